The molecule has 2 unspecified atom stereocenters. The van der Waals surface area contributed by atoms with E-state index in [9.17, 15) is 13.5 Å². The standard InChI is InChI=1S/C16H32N2O3S/c1-3-14(4-2)13-22(20,21)18-10-6-7-15(18)11-17-9-5-8-16(17)12-19/h14-16,19H,3-13H2,1-2H3. The van der Waals surface area contributed by atoms with Crippen LogP contribution in [0.2, 0.25) is 0 Å². The summed E-state index contributed by atoms with van der Waals surface area (Å²) in [5.74, 6) is 0.558. The predicted octanol–water partition coefficient (Wildman–Crippen LogP) is 1.67. The molecule has 0 saturated carbocycles. The molecule has 0 aromatic carbocycles. The Morgan fingerprint density at radius 3 is 2.36 bits per heavy atom. The molecule has 0 bridgehead atoms. The van der Waals surface area contributed by atoms with Crippen LogP contribution in [0.15, 0.2) is 0 Å². The lowest BCUT2D eigenvalue weighted by Crippen LogP contribution is -2.46. The van der Waals surface area contributed by atoms with E-state index in [1.807, 2.05) is 0 Å². The average Bonchev–Trinajstić information content (AvgIpc) is 3.14. The normalized spacial score (nSPS) is 28.0. The van der Waals surface area contributed by atoms with Crippen molar-refractivity contribution in [2.75, 3.05) is 32.0 Å². The molecule has 22 heavy (non-hydrogen) atoms. The molecule has 1 N–H and O–H groups in total. The van der Waals surface area contributed by atoms with E-state index in [2.05, 4.69) is 18.7 Å². The first-order valence-electron chi connectivity index (χ1n) is 8.86. The van der Waals surface area contributed by atoms with Crippen molar-refractivity contribution < 1.29 is 13.5 Å². The third kappa shape index (κ3) is 4.22. The summed E-state index contributed by atoms with van der Waals surface area (Å²) in [4.78, 5) is 2.29. The van der Waals surface area contributed by atoms with Gasteiger partial charge in [0.2, 0.25) is 10.0 Å². The Morgan fingerprint density at radius 2 is 1.73 bits per heavy atom. The van der Waals surface area contributed by atoms with E-state index < -0.39 is 10.0 Å². The van der Waals surface area contributed by atoms with E-state index in [1.165, 1.54) is 0 Å². The summed E-state index contributed by atoms with van der Waals surface area (Å²) in [5, 5.41) is 9.45. The van der Waals surface area contributed by atoms with Crippen molar-refractivity contribution in [2.45, 2.75) is 64.5 Å². The van der Waals surface area contributed by atoms with E-state index in [0.717, 1.165) is 51.6 Å². The minimum atomic E-state index is -3.15. The third-order valence-corrected chi connectivity index (χ3v) is 7.52. The molecular formula is C16H32N2O3S. The summed E-state index contributed by atoms with van der Waals surface area (Å²) >= 11 is 0. The maximum absolute atomic E-state index is 12.8. The van der Waals surface area contributed by atoms with Crippen LogP contribution in [-0.2, 0) is 10.0 Å². The SMILES string of the molecule is CCC(CC)CS(=O)(=O)N1CCCC1CN1CCCC1CO. The molecule has 0 radical (unpaired) electrons. The van der Waals surface area contributed by atoms with Crippen molar-refractivity contribution in [3.63, 3.8) is 0 Å². The lowest BCUT2D eigenvalue weighted by atomic mass is 10.1. The van der Waals surface area contributed by atoms with Gasteiger partial charge in [-0.2, -0.15) is 4.31 Å². The van der Waals surface area contributed by atoms with Crippen LogP contribution in [0.1, 0.15) is 52.4 Å². The van der Waals surface area contributed by atoms with Gasteiger partial charge in [-0.05, 0) is 38.1 Å². The van der Waals surface area contributed by atoms with Crippen molar-refractivity contribution in [2.24, 2.45) is 5.92 Å². The minimum absolute atomic E-state index is 0.103. The monoisotopic (exact) mass is 332 g/mol. The van der Waals surface area contributed by atoms with Gasteiger partial charge in [-0.1, -0.05) is 26.7 Å². The van der Waals surface area contributed by atoms with Gasteiger partial charge in [0, 0.05) is 25.2 Å². The largest absolute Gasteiger partial charge is 0.395 e. The van der Waals surface area contributed by atoms with E-state index in [4.69, 9.17) is 0 Å². The van der Waals surface area contributed by atoms with Crippen LogP contribution in [0, 0.1) is 5.92 Å². The first-order valence-corrected chi connectivity index (χ1v) is 10.5. The van der Waals surface area contributed by atoms with Crippen LogP contribution in [0.5, 0.6) is 0 Å². The molecule has 2 rings (SSSR count). The molecule has 2 saturated heterocycles. The van der Waals surface area contributed by atoms with Gasteiger partial charge >= 0.3 is 0 Å². The highest BCUT2D eigenvalue weighted by Crippen LogP contribution is 2.27. The minimum Gasteiger partial charge on any atom is -0.395 e. The Hall–Kier alpha value is -0.170. The van der Waals surface area contributed by atoms with Gasteiger partial charge in [-0.3, -0.25) is 4.90 Å². The molecule has 2 fully saturated rings. The maximum Gasteiger partial charge on any atom is 0.214 e. The van der Waals surface area contributed by atoms with Crippen molar-refractivity contribution in [1.82, 2.24) is 9.21 Å². The smallest absolute Gasteiger partial charge is 0.214 e. The first-order chi connectivity index (χ1) is 10.5. The van der Waals surface area contributed by atoms with E-state index in [0.29, 0.717) is 12.3 Å². The van der Waals surface area contributed by atoms with Gasteiger partial charge in [-0.25, -0.2) is 8.42 Å². The first kappa shape index (κ1) is 18.2. The zero-order valence-corrected chi connectivity index (χ0v) is 14.9. The van der Waals surface area contributed by atoms with Crippen LogP contribution in [0.3, 0.4) is 0 Å². The van der Waals surface area contributed by atoms with Gasteiger partial charge in [0.15, 0.2) is 0 Å². The molecule has 2 aliphatic rings. The molecule has 2 heterocycles. The molecule has 0 spiro atoms. The molecular weight excluding hydrogens is 300 g/mol. The van der Waals surface area contributed by atoms with Crippen molar-refractivity contribution >= 4 is 10.0 Å². The van der Waals surface area contributed by atoms with Gasteiger partial charge < -0.3 is 5.11 Å². The molecule has 0 aromatic heterocycles. The Labute approximate surface area is 135 Å². The maximum atomic E-state index is 12.8. The second-order valence-corrected chi connectivity index (χ2v) is 8.81. The highest BCUT2D eigenvalue weighted by Gasteiger charge is 2.37. The molecule has 5 nitrogen and oxygen atoms in total. The van der Waals surface area contributed by atoms with Gasteiger partial charge in [-0.15, -0.1) is 0 Å². The van der Waals surface area contributed by atoms with Gasteiger partial charge in [0.05, 0.1) is 12.4 Å². The van der Waals surface area contributed by atoms with Crippen LogP contribution < -0.4 is 0 Å². The zero-order chi connectivity index (χ0) is 16.2. The topological polar surface area (TPSA) is 60.9 Å². The fourth-order valence-corrected chi connectivity index (χ4v) is 6.18. The molecule has 0 aromatic rings. The summed E-state index contributed by atoms with van der Waals surface area (Å²) in [6, 6.07) is 0.329. The Morgan fingerprint density at radius 1 is 1.09 bits per heavy atom. The van der Waals surface area contributed by atoms with E-state index in [-0.39, 0.29) is 24.6 Å². The Bertz CT molecular complexity index is 437. The molecule has 2 aliphatic heterocycles. The molecule has 130 valence electrons. The number of aliphatic hydroxyl groups is 1. The quantitative estimate of drug-likeness (QED) is 0.734. The fraction of sp³-hybridized carbons (Fsp3) is 1.00. The fourth-order valence-electron chi connectivity index (χ4n) is 3.89. The van der Waals surface area contributed by atoms with Crippen LogP contribution in [0.25, 0.3) is 0 Å². The van der Waals surface area contributed by atoms with E-state index >= 15 is 0 Å². The predicted molar refractivity (Wildman–Crippen MR) is 89.3 cm³/mol. The Kier molecular flexibility index (Phi) is 6.68. The van der Waals surface area contributed by atoms with Gasteiger partial charge in [0.25, 0.3) is 0 Å². The Balaban J connectivity index is 2.00. The number of sulfonamides is 1. The second kappa shape index (κ2) is 8.08. The van der Waals surface area contributed by atoms with Crippen LogP contribution in [0.4, 0.5) is 0 Å². The highest BCUT2D eigenvalue weighted by atomic mass is 32.2. The molecule has 2 atom stereocenters. The third-order valence-electron chi connectivity index (χ3n) is 5.44. The van der Waals surface area contributed by atoms with Crippen LogP contribution in [-0.4, -0.2) is 66.8 Å². The lowest BCUT2D eigenvalue weighted by Gasteiger charge is -2.31. The number of rotatable bonds is 8. The van der Waals surface area contributed by atoms with E-state index in [1.54, 1.807) is 4.31 Å². The lowest BCUT2D eigenvalue weighted by molar-refractivity contribution is 0.140. The number of likely N-dealkylation sites (tertiary alicyclic amines) is 1. The molecule has 0 amide bonds. The summed E-state index contributed by atoms with van der Waals surface area (Å²) in [5.41, 5.74) is 0. The second-order valence-electron chi connectivity index (χ2n) is 6.84. The molecule has 6 heteroatoms. The number of hydrogen-bond donors (Lipinski definition) is 1. The summed E-state index contributed by atoms with van der Waals surface area (Å²) in [6.07, 6.45) is 5.91. The number of aliphatic hydroxyl groups excluding tert-OH is 1. The van der Waals surface area contributed by atoms with Crippen molar-refractivity contribution in [3.8, 4) is 0 Å². The summed E-state index contributed by atoms with van der Waals surface area (Å²) in [6.45, 7) is 6.77. The van der Waals surface area contributed by atoms with Gasteiger partial charge in [0.1, 0.15) is 0 Å². The average molecular weight is 333 g/mol. The molecule has 0 aliphatic carbocycles. The summed E-state index contributed by atoms with van der Waals surface area (Å²) in [7, 11) is -3.15. The van der Waals surface area contributed by atoms with Crippen molar-refractivity contribution in [1.29, 1.82) is 0 Å². The number of nitrogens with zero attached hydrogens (tertiary/aromatic N) is 2. The zero-order valence-electron chi connectivity index (χ0n) is 14.1. The van der Waals surface area contributed by atoms with Crippen LogP contribution >= 0.6 is 0 Å². The van der Waals surface area contributed by atoms with Crippen molar-refractivity contribution in [3.05, 3.63) is 0 Å². The summed E-state index contributed by atoms with van der Waals surface area (Å²) < 4.78 is 27.3. The number of hydrogen-bond acceptors (Lipinski definition) is 4. The highest BCUT2D eigenvalue weighted by molar-refractivity contribution is 7.89.